The fourth-order valence-corrected chi connectivity index (χ4v) is 3.68. The Balaban J connectivity index is 1.47. The number of hydrogen-bond donors (Lipinski definition) is 0. The maximum atomic E-state index is 12.6. The van der Waals surface area contributed by atoms with Crippen LogP contribution in [0.5, 0.6) is 0 Å². The molecule has 0 aromatic heterocycles. The van der Waals surface area contributed by atoms with Crippen LogP contribution in [-0.2, 0) is 14.3 Å². The smallest absolute Gasteiger partial charge is 0.410 e. The molecule has 134 valence electrons. The molecule has 2 fully saturated rings. The first kappa shape index (κ1) is 16.6. The van der Waals surface area contributed by atoms with Crippen molar-refractivity contribution in [2.24, 2.45) is 5.92 Å². The lowest BCUT2D eigenvalue weighted by Gasteiger charge is -2.27. The van der Waals surface area contributed by atoms with Crippen LogP contribution in [0, 0.1) is 5.92 Å². The van der Waals surface area contributed by atoms with Crippen molar-refractivity contribution in [3.63, 3.8) is 0 Å². The third-order valence-corrected chi connectivity index (χ3v) is 5.09. The topological polar surface area (TPSA) is 55.8 Å². The first-order valence-electron chi connectivity index (χ1n) is 8.95. The van der Waals surface area contributed by atoms with Crippen molar-refractivity contribution in [3.05, 3.63) is 71.8 Å². The van der Waals surface area contributed by atoms with Gasteiger partial charge in [-0.3, -0.25) is 4.79 Å². The minimum absolute atomic E-state index is 0.0254. The Hall–Kier alpha value is -2.82. The predicted molar refractivity (Wildman–Crippen MR) is 95.4 cm³/mol. The molecule has 26 heavy (non-hydrogen) atoms. The highest BCUT2D eigenvalue weighted by Crippen LogP contribution is 2.32. The highest BCUT2D eigenvalue weighted by molar-refractivity contribution is 5.72. The van der Waals surface area contributed by atoms with E-state index in [1.54, 1.807) is 4.90 Å². The number of rotatable bonds is 5. The van der Waals surface area contributed by atoms with Crippen LogP contribution >= 0.6 is 0 Å². The van der Waals surface area contributed by atoms with Crippen LogP contribution in [0.2, 0.25) is 0 Å². The van der Waals surface area contributed by atoms with Gasteiger partial charge in [0.25, 0.3) is 0 Å². The summed E-state index contributed by atoms with van der Waals surface area (Å²) >= 11 is 0. The molecule has 2 unspecified atom stereocenters. The number of benzene rings is 2. The summed E-state index contributed by atoms with van der Waals surface area (Å²) in [4.78, 5) is 26.0. The van der Waals surface area contributed by atoms with Crippen LogP contribution in [0.1, 0.15) is 30.1 Å². The number of esters is 1. The van der Waals surface area contributed by atoms with E-state index in [4.69, 9.17) is 9.47 Å². The molecule has 2 aliphatic heterocycles. The highest BCUT2D eigenvalue weighted by atomic mass is 16.6. The zero-order chi connectivity index (χ0) is 17.9. The molecule has 0 spiro atoms. The molecule has 2 aliphatic rings. The van der Waals surface area contributed by atoms with E-state index in [0.29, 0.717) is 13.1 Å². The summed E-state index contributed by atoms with van der Waals surface area (Å²) in [5.74, 6) is -0.235. The van der Waals surface area contributed by atoms with Crippen molar-refractivity contribution >= 4 is 12.1 Å². The molecule has 0 saturated carbocycles. The number of carbonyl (C=O) groups excluding carboxylic acids is 2. The summed E-state index contributed by atoms with van der Waals surface area (Å²) in [5.41, 5.74) is 1.88. The highest BCUT2D eigenvalue weighted by Gasteiger charge is 2.42. The molecule has 0 aliphatic carbocycles. The number of nitrogens with zero attached hydrogens (tertiary/aromatic N) is 1. The summed E-state index contributed by atoms with van der Waals surface area (Å²) in [6.45, 7) is 1.23. The largest absolute Gasteiger partial charge is 0.453 e. The molecule has 0 radical (unpaired) electrons. The Labute approximate surface area is 152 Å². The Bertz CT molecular complexity index is 738. The van der Waals surface area contributed by atoms with Crippen molar-refractivity contribution in [1.82, 2.24) is 4.90 Å². The lowest BCUT2D eigenvalue weighted by molar-refractivity contribution is -0.149. The Kier molecular flexibility index (Phi) is 4.61. The van der Waals surface area contributed by atoms with E-state index in [2.05, 4.69) is 0 Å². The van der Waals surface area contributed by atoms with Crippen LogP contribution < -0.4 is 0 Å². The van der Waals surface area contributed by atoms with Gasteiger partial charge >= 0.3 is 12.1 Å². The van der Waals surface area contributed by atoms with Gasteiger partial charge in [0.15, 0.2) is 6.10 Å². The van der Waals surface area contributed by atoms with Gasteiger partial charge in [-0.25, -0.2) is 4.79 Å². The lowest BCUT2D eigenvalue weighted by Crippen LogP contribution is -2.37. The lowest BCUT2D eigenvalue weighted by atomic mass is 9.91. The second-order valence-corrected chi connectivity index (χ2v) is 6.81. The van der Waals surface area contributed by atoms with E-state index in [-0.39, 0.29) is 30.5 Å². The summed E-state index contributed by atoms with van der Waals surface area (Å²) in [5, 5.41) is 0. The van der Waals surface area contributed by atoms with E-state index < -0.39 is 6.10 Å². The number of fused-ring (bicyclic) bond motifs is 2. The van der Waals surface area contributed by atoms with Crippen molar-refractivity contribution in [2.75, 3.05) is 13.1 Å². The fourth-order valence-electron chi connectivity index (χ4n) is 3.68. The number of ether oxygens (including phenoxy) is 2. The zero-order valence-electron chi connectivity index (χ0n) is 14.4. The third-order valence-electron chi connectivity index (χ3n) is 5.09. The van der Waals surface area contributed by atoms with Gasteiger partial charge in [0.05, 0.1) is 13.0 Å². The first-order chi connectivity index (χ1) is 12.7. The number of piperidine rings is 1. The predicted octanol–water partition coefficient (Wildman–Crippen LogP) is 3.55. The Morgan fingerprint density at radius 1 is 1.08 bits per heavy atom. The summed E-state index contributed by atoms with van der Waals surface area (Å²) in [6.07, 6.45) is 0.138. The average Bonchev–Trinajstić information content (AvgIpc) is 2.98. The van der Waals surface area contributed by atoms with E-state index in [1.807, 2.05) is 60.7 Å². The van der Waals surface area contributed by atoms with Gasteiger partial charge in [0.2, 0.25) is 0 Å². The van der Waals surface area contributed by atoms with Gasteiger partial charge in [-0.15, -0.1) is 0 Å². The van der Waals surface area contributed by atoms with Gasteiger partial charge in [-0.1, -0.05) is 60.7 Å². The monoisotopic (exact) mass is 351 g/mol. The quantitative estimate of drug-likeness (QED) is 0.773. The van der Waals surface area contributed by atoms with E-state index >= 15 is 0 Å². The molecule has 2 heterocycles. The molecular weight excluding hydrogens is 330 g/mol. The van der Waals surface area contributed by atoms with Crippen molar-refractivity contribution in [3.8, 4) is 0 Å². The SMILES string of the molecule is O=C(CC1CCN2CC1OC2=O)OC(c1ccccc1)c1ccccc1. The van der Waals surface area contributed by atoms with E-state index in [1.165, 1.54) is 0 Å². The maximum absolute atomic E-state index is 12.6. The molecular formula is C21H21NO4. The van der Waals surface area contributed by atoms with Crippen molar-refractivity contribution < 1.29 is 19.1 Å². The minimum Gasteiger partial charge on any atom is -0.453 e. The first-order valence-corrected chi connectivity index (χ1v) is 8.95. The van der Waals surface area contributed by atoms with Gasteiger partial charge < -0.3 is 14.4 Å². The van der Waals surface area contributed by atoms with Gasteiger partial charge in [0, 0.05) is 12.5 Å². The van der Waals surface area contributed by atoms with Gasteiger partial charge in [0.1, 0.15) is 6.10 Å². The molecule has 0 N–H and O–H groups in total. The van der Waals surface area contributed by atoms with Crippen LogP contribution in [0.4, 0.5) is 4.79 Å². The summed E-state index contributed by atoms with van der Waals surface area (Å²) in [6, 6.07) is 19.5. The molecule has 2 aromatic carbocycles. The molecule has 2 atom stereocenters. The molecule has 5 nitrogen and oxygen atoms in total. The molecule has 5 heteroatoms. The number of hydrogen-bond acceptors (Lipinski definition) is 4. The minimum atomic E-state index is -0.434. The van der Waals surface area contributed by atoms with Crippen LogP contribution in [0.15, 0.2) is 60.7 Å². The Morgan fingerprint density at radius 3 is 2.31 bits per heavy atom. The van der Waals surface area contributed by atoms with E-state index in [0.717, 1.165) is 17.5 Å². The van der Waals surface area contributed by atoms with Crippen molar-refractivity contribution in [2.45, 2.75) is 25.0 Å². The second-order valence-electron chi connectivity index (χ2n) is 6.81. The van der Waals surface area contributed by atoms with Crippen LogP contribution in [0.3, 0.4) is 0 Å². The molecule has 1 amide bonds. The average molecular weight is 351 g/mol. The Morgan fingerprint density at radius 2 is 1.69 bits per heavy atom. The molecule has 2 saturated heterocycles. The maximum Gasteiger partial charge on any atom is 0.410 e. The fraction of sp³-hybridized carbons (Fsp3) is 0.333. The normalized spacial score (nSPS) is 21.6. The van der Waals surface area contributed by atoms with E-state index in [9.17, 15) is 9.59 Å². The molecule has 4 rings (SSSR count). The number of carbonyl (C=O) groups is 2. The summed E-state index contributed by atoms with van der Waals surface area (Å²) < 4.78 is 11.2. The van der Waals surface area contributed by atoms with Gasteiger partial charge in [-0.2, -0.15) is 0 Å². The molecule has 2 aromatic rings. The second kappa shape index (κ2) is 7.20. The van der Waals surface area contributed by atoms with Crippen LogP contribution in [0.25, 0.3) is 0 Å². The van der Waals surface area contributed by atoms with Crippen LogP contribution in [-0.4, -0.2) is 36.2 Å². The standard InChI is InChI=1S/C21H21NO4/c23-19(13-17-11-12-22-14-18(17)25-21(22)24)26-20(15-7-3-1-4-8-15)16-9-5-2-6-10-16/h1-10,17-18,20H,11-14H2. The number of amides is 1. The third kappa shape index (κ3) is 3.43. The van der Waals surface area contributed by atoms with Crippen molar-refractivity contribution in [1.29, 1.82) is 0 Å². The summed E-state index contributed by atoms with van der Waals surface area (Å²) in [7, 11) is 0. The zero-order valence-corrected chi connectivity index (χ0v) is 14.4. The molecule has 2 bridgehead atoms. The van der Waals surface area contributed by atoms with Gasteiger partial charge in [-0.05, 0) is 17.5 Å².